The smallest absolute Gasteiger partial charge is 0.324 e. The first-order chi connectivity index (χ1) is 7.65. The molecule has 0 unspecified atom stereocenters. The van der Waals surface area contributed by atoms with E-state index in [0.717, 1.165) is 22.7 Å². The Hall–Kier alpha value is -0.890. The van der Waals surface area contributed by atoms with Crippen LogP contribution in [-0.4, -0.2) is 42.4 Å². The molecule has 1 aromatic rings. The number of hydrogen-bond donors (Lipinski definition) is 3. The number of hydrogen-bond acceptors (Lipinski definition) is 4. The zero-order chi connectivity index (χ0) is 12.0. The highest BCUT2D eigenvalue weighted by atomic mass is 79.9. The van der Waals surface area contributed by atoms with E-state index < -0.39 is 0 Å². The lowest BCUT2D eigenvalue weighted by Crippen LogP contribution is -2.29. The topological polar surface area (TPSA) is 73.1 Å². The highest BCUT2D eigenvalue weighted by Gasteiger charge is 2.07. The predicted octanol–water partition coefficient (Wildman–Crippen LogP) is 1.19. The summed E-state index contributed by atoms with van der Waals surface area (Å²) in [7, 11) is 3.53. The fraction of sp³-hybridized carbons (Fsp3) is 0.500. The molecule has 6 nitrogen and oxygen atoms in total. The zero-order valence-electron chi connectivity index (χ0n) is 9.08. The van der Waals surface area contributed by atoms with Gasteiger partial charge in [0.2, 0.25) is 0 Å². The second kappa shape index (κ2) is 6.64. The summed E-state index contributed by atoms with van der Waals surface area (Å²) in [6.45, 7) is 0.790. The van der Waals surface area contributed by atoms with Crippen LogP contribution >= 0.6 is 27.9 Å². The van der Waals surface area contributed by atoms with Gasteiger partial charge in [-0.25, -0.2) is 9.78 Å². The molecular formula is C8H14BrN5OS. The number of nitrogens with zero attached hydrogens (tertiary/aromatic N) is 2. The summed E-state index contributed by atoms with van der Waals surface area (Å²) in [5, 5.41) is 2.48. The lowest BCUT2D eigenvalue weighted by atomic mass is 10.6. The van der Waals surface area contributed by atoms with E-state index in [-0.39, 0.29) is 6.03 Å². The molecule has 3 N–H and O–H groups in total. The van der Waals surface area contributed by atoms with Crippen LogP contribution in [0, 0.1) is 0 Å². The summed E-state index contributed by atoms with van der Waals surface area (Å²) < 4.78 is 3.51. The minimum absolute atomic E-state index is 0.186. The van der Waals surface area contributed by atoms with Gasteiger partial charge in [-0.1, -0.05) is 0 Å². The second-order valence-electron chi connectivity index (χ2n) is 2.99. The number of anilines is 1. The van der Waals surface area contributed by atoms with Crippen molar-refractivity contribution in [1.82, 2.24) is 20.0 Å². The summed E-state index contributed by atoms with van der Waals surface area (Å²) in [4.78, 5) is 20.0. The Balaban J connectivity index is 2.23. The van der Waals surface area contributed by atoms with Crippen LogP contribution in [0.1, 0.15) is 0 Å². The molecule has 0 radical (unpaired) electrons. The number of urea groups is 1. The van der Waals surface area contributed by atoms with Gasteiger partial charge in [-0.15, -0.1) is 0 Å². The number of nitrogens with one attached hydrogen (secondary N) is 3. The van der Waals surface area contributed by atoms with Crippen molar-refractivity contribution < 1.29 is 4.79 Å². The van der Waals surface area contributed by atoms with Crippen molar-refractivity contribution in [1.29, 1.82) is 0 Å². The first kappa shape index (κ1) is 13.2. The fourth-order valence-electron chi connectivity index (χ4n) is 0.994. The van der Waals surface area contributed by atoms with Crippen molar-refractivity contribution in [3.8, 4) is 0 Å². The SMILES string of the molecule is CNC(=O)NSCCN(C)c1nc[nH]c1Br. The number of carbonyl (C=O) groups excluding carboxylic acids is 1. The van der Waals surface area contributed by atoms with E-state index in [4.69, 9.17) is 0 Å². The number of carbonyl (C=O) groups is 1. The van der Waals surface area contributed by atoms with E-state index >= 15 is 0 Å². The van der Waals surface area contributed by atoms with Gasteiger partial charge in [0.25, 0.3) is 0 Å². The number of imidazole rings is 1. The third-order valence-corrected chi connectivity index (χ3v) is 3.16. The van der Waals surface area contributed by atoms with Crippen LogP contribution in [0.15, 0.2) is 10.9 Å². The van der Waals surface area contributed by atoms with Gasteiger partial charge in [0.1, 0.15) is 4.60 Å². The first-order valence-corrected chi connectivity index (χ1v) is 6.42. The van der Waals surface area contributed by atoms with E-state index in [1.165, 1.54) is 11.9 Å². The largest absolute Gasteiger partial charge is 0.357 e. The Morgan fingerprint density at radius 2 is 2.50 bits per heavy atom. The van der Waals surface area contributed by atoms with Crippen molar-refractivity contribution in [2.75, 3.05) is 31.3 Å². The Morgan fingerprint density at radius 1 is 1.75 bits per heavy atom. The molecule has 1 heterocycles. The third-order valence-electron chi connectivity index (χ3n) is 1.86. The van der Waals surface area contributed by atoms with E-state index in [1.807, 2.05) is 11.9 Å². The summed E-state index contributed by atoms with van der Waals surface area (Å²) in [6.07, 6.45) is 1.63. The molecule has 0 fully saturated rings. The Bertz CT molecular complexity index is 345. The minimum atomic E-state index is -0.186. The maximum absolute atomic E-state index is 10.9. The van der Waals surface area contributed by atoms with Crippen molar-refractivity contribution >= 4 is 39.7 Å². The van der Waals surface area contributed by atoms with Crippen molar-refractivity contribution in [3.63, 3.8) is 0 Å². The molecule has 0 aliphatic heterocycles. The van der Waals surface area contributed by atoms with Crippen LogP contribution in [0.4, 0.5) is 10.6 Å². The first-order valence-electron chi connectivity index (χ1n) is 4.64. The Kier molecular flexibility index (Phi) is 5.47. The predicted molar refractivity (Wildman–Crippen MR) is 69.6 cm³/mol. The molecule has 0 aliphatic carbocycles. The third kappa shape index (κ3) is 3.93. The number of aromatic nitrogens is 2. The summed E-state index contributed by atoms with van der Waals surface area (Å²) in [5.74, 6) is 1.64. The van der Waals surface area contributed by atoms with Gasteiger partial charge < -0.3 is 15.2 Å². The van der Waals surface area contributed by atoms with Crippen LogP contribution in [0.3, 0.4) is 0 Å². The second-order valence-corrected chi connectivity index (χ2v) is 4.69. The minimum Gasteiger partial charge on any atom is -0.357 e. The molecule has 0 bridgehead atoms. The standard InChI is InChI=1S/C8H14BrN5OS/c1-10-8(15)13-16-4-3-14(2)7-6(9)11-5-12-7/h5H,3-4H2,1-2H3,(H,11,12)(H2,10,13,15). The average Bonchev–Trinajstić information content (AvgIpc) is 2.70. The Morgan fingerprint density at radius 3 is 3.06 bits per heavy atom. The van der Waals surface area contributed by atoms with E-state index in [1.54, 1.807) is 13.4 Å². The highest BCUT2D eigenvalue weighted by molar-refractivity contribution is 9.10. The summed E-state index contributed by atoms with van der Waals surface area (Å²) >= 11 is 4.72. The van der Waals surface area contributed by atoms with Gasteiger partial charge in [0.05, 0.1) is 6.33 Å². The van der Waals surface area contributed by atoms with Crippen LogP contribution in [0.25, 0.3) is 0 Å². The monoisotopic (exact) mass is 307 g/mol. The van der Waals surface area contributed by atoms with Gasteiger partial charge in [0, 0.05) is 26.4 Å². The Labute approximate surface area is 107 Å². The molecule has 16 heavy (non-hydrogen) atoms. The summed E-state index contributed by atoms with van der Waals surface area (Å²) in [5.41, 5.74) is 0. The van der Waals surface area contributed by atoms with Crippen molar-refractivity contribution in [3.05, 3.63) is 10.9 Å². The molecular weight excluding hydrogens is 294 g/mol. The maximum Gasteiger partial charge on any atom is 0.324 e. The molecule has 90 valence electrons. The van der Waals surface area contributed by atoms with Crippen LogP contribution in [0.2, 0.25) is 0 Å². The molecule has 0 saturated heterocycles. The lowest BCUT2D eigenvalue weighted by Gasteiger charge is -2.16. The van der Waals surface area contributed by atoms with Crippen LogP contribution in [-0.2, 0) is 0 Å². The van der Waals surface area contributed by atoms with Gasteiger partial charge in [-0.2, -0.15) is 0 Å². The van der Waals surface area contributed by atoms with Crippen LogP contribution < -0.4 is 14.9 Å². The van der Waals surface area contributed by atoms with E-state index in [0.29, 0.717) is 0 Å². The maximum atomic E-state index is 10.9. The van der Waals surface area contributed by atoms with Crippen molar-refractivity contribution in [2.24, 2.45) is 0 Å². The number of aromatic amines is 1. The fourth-order valence-corrected chi connectivity index (χ4v) is 2.20. The van der Waals surface area contributed by atoms with Gasteiger partial charge in [-0.05, 0) is 27.9 Å². The molecule has 1 rings (SSSR count). The number of amides is 2. The summed E-state index contributed by atoms with van der Waals surface area (Å²) in [6, 6.07) is -0.186. The van der Waals surface area contributed by atoms with Crippen LogP contribution in [0.5, 0.6) is 0 Å². The number of H-pyrrole nitrogens is 1. The van der Waals surface area contributed by atoms with E-state index in [2.05, 4.69) is 35.9 Å². The molecule has 0 aliphatic rings. The highest BCUT2D eigenvalue weighted by Crippen LogP contribution is 2.19. The molecule has 0 aromatic carbocycles. The molecule has 0 spiro atoms. The lowest BCUT2D eigenvalue weighted by molar-refractivity contribution is 0.248. The molecule has 0 atom stereocenters. The van der Waals surface area contributed by atoms with Gasteiger partial charge >= 0.3 is 6.03 Å². The molecule has 8 heteroatoms. The number of rotatable bonds is 5. The molecule has 1 aromatic heterocycles. The van der Waals surface area contributed by atoms with Crippen molar-refractivity contribution in [2.45, 2.75) is 0 Å². The number of halogens is 1. The van der Waals surface area contributed by atoms with E-state index in [9.17, 15) is 4.79 Å². The quantitative estimate of drug-likeness (QED) is 0.564. The van der Waals surface area contributed by atoms with Gasteiger partial charge in [-0.3, -0.25) is 4.72 Å². The molecule has 2 amide bonds. The molecule has 0 saturated carbocycles. The average molecular weight is 308 g/mol. The van der Waals surface area contributed by atoms with Gasteiger partial charge in [0.15, 0.2) is 5.82 Å². The normalized spacial score (nSPS) is 9.94. The zero-order valence-corrected chi connectivity index (χ0v) is 11.5.